The molecule has 1 fully saturated rings. The zero-order chi connectivity index (χ0) is 12.8. The highest BCUT2D eigenvalue weighted by atomic mass is 16.5. The van der Waals surface area contributed by atoms with Gasteiger partial charge in [0.2, 0.25) is 0 Å². The van der Waals surface area contributed by atoms with Crippen LogP contribution in [-0.2, 0) is 11.2 Å². The molecule has 0 saturated heterocycles. The van der Waals surface area contributed by atoms with Crippen LogP contribution in [0.25, 0.3) is 0 Å². The first kappa shape index (κ1) is 13.6. The molecule has 0 aromatic heterocycles. The SMILES string of the molecule is CCCc1ccc(C2CCC(COC)CC2)cc1. The van der Waals surface area contributed by atoms with E-state index in [0.29, 0.717) is 0 Å². The van der Waals surface area contributed by atoms with E-state index in [2.05, 4.69) is 31.2 Å². The minimum absolute atomic E-state index is 0.786. The van der Waals surface area contributed by atoms with Gasteiger partial charge in [-0.05, 0) is 55.1 Å². The van der Waals surface area contributed by atoms with Gasteiger partial charge in [0.15, 0.2) is 0 Å². The quantitative estimate of drug-likeness (QED) is 0.740. The Morgan fingerprint density at radius 1 is 1.06 bits per heavy atom. The first-order valence-corrected chi connectivity index (χ1v) is 7.41. The molecule has 0 heterocycles. The normalized spacial score (nSPS) is 24.1. The molecule has 0 amide bonds. The van der Waals surface area contributed by atoms with E-state index in [-0.39, 0.29) is 0 Å². The lowest BCUT2D eigenvalue weighted by Crippen LogP contribution is -2.17. The molecule has 1 saturated carbocycles. The van der Waals surface area contributed by atoms with Crippen LogP contribution in [0.5, 0.6) is 0 Å². The van der Waals surface area contributed by atoms with Crippen LogP contribution in [0.15, 0.2) is 24.3 Å². The van der Waals surface area contributed by atoms with Crippen LogP contribution in [-0.4, -0.2) is 13.7 Å². The number of hydrogen-bond acceptors (Lipinski definition) is 1. The van der Waals surface area contributed by atoms with E-state index in [9.17, 15) is 0 Å². The van der Waals surface area contributed by atoms with Crippen LogP contribution in [0.1, 0.15) is 56.1 Å². The van der Waals surface area contributed by atoms with Gasteiger partial charge in [0.25, 0.3) is 0 Å². The third-order valence-electron chi connectivity index (χ3n) is 4.24. The molecular formula is C17H26O. The maximum atomic E-state index is 5.26. The van der Waals surface area contributed by atoms with Crippen molar-refractivity contribution in [3.05, 3.63) is 35.4 Å². The smallest absolute Gasteiger partial charge is 0.0490 e. The molecule has 18 heavy (non-hydrogen) atoms. The van der Waals surface area contributed by atoms with E-state index in [1.165, 1.54) is 44.1 Å². The molecule has 1 aliphatic rings. The molecule has 1 nitrogen and oxygen atoms in total. The molecule has 1 aliphatic carbocycles. The fourth-order valence-electron chi connectivity index (χ4n) is 3.14. The Balaban J connectivity index is 1.89. The summed E-state index contributed by atoms with van der Waals surface area (Å²) in [5.41, 5.74) is 3.03. The Labute approximate surface area is 112 Å². The van der Waals surface area contributed by atoms with Crippen LogP contribution in [0.3, 0.4) is 0 Å². The lowest BCUT2D eigenvalue weighted by molar-refractivity contribution is 0.127. The van der Waals surface area contributed by atoms with E-state index in [1.807, 2.05) is 7.11 Å². The van der Waals surface area contributed by atoms with Gasteiger partial charge in [0.1, 0.15) is 0 Å². The third-order valence-corrected chi connectivity index (χ3v) is 4.24. The van der Waals surface area contributed by atoms with Gasteiger partial charge in [-0.1, -0.05) is 37.6 Å². The molecule has 100 valence electrons. The highest BCUT2D eigenvalue weighted by Crippen LogP contribution is 2.35. The molecule has 0 spiro atoms. The van der Waals surface area contributed by atoms with Crippen molar-refractivity contribution < 1.29 is 4.74 Å². The van der Waals surface area contributed by atoms with Gasteiger partial charge >= 0.3 is 0 Å². The Kier molecular flexibility index (Phi) is 5.25. The fourth-order valence-corrected chi connectivity index (χ4v) is 3.14. The summed E-state index contributed by atoms with van der Waals surface area (Å²) in [4.78, 5) is 0. The fraction of sp³-hybridized carbons (Fsp3) is 0.647. The zero-order valence-electron chi connectivity index (χ0n) is 11.8. The van der Waals surface area contributed by atoms with Gasteiger partial charge in [-0.15, -0.1) is 0 Å². The predicted octanol–water partition coefficient (Wildman–Crippen LogP) is 4.56. The zero-order valence-corrected chi connectivity index (χ0v) is 11.8. The van der Waals surface area contributed by atoms with Gasteiger partial charge in [-0.3, -0.25) is 0 Å². The van der Waals surface area contributed by atoms with Crippen LogP contribution in [0, 0.1) is 5.92 Å². The van der Waals surface area contributed by atoms with Crippen molar-refractivity contribution >= 4 is 0 Å². The minimum atomic E-state index is 0.786. The number of ether oxygens (including phenoxy) is 1. The third kappa shape index (κ3) is 3.58. The van der Waals surface area contributed by atoms with E-state index >= 15 is 0 Å². The molecule has 0 atom stereocenters. The van der Waals surface area contributed by atoms with E-state index in [0.717, 1.165) is 18.4 Å². The van der Waals surface area contributed by atoms with Gasteiger partial charge in [-0.2, -0.15) is 0 Å². The summed E-state index contributed by atoms with van der Waals surface area (Å²) >= 11 is 0. The maximum Gasteiger partial charge on any atom is 0.0490 e. The topological polar surface area (TPSA) is 9.23 Å². The summed E-state index contributed by atoms with van der Waals surface area (Å²) in [7, 11) is 1.82. The van der Waals surface area contributed by atoms with Crippen LogP contribution < -0.4 is 0 Å². The lowest BCUT2D eigenvalue weighted by Gasteiger charge is -2.28. The highest BCUT2D eigenvalue weighted by molar-refractivity contribution is 5.25. The van der Waals surface area contributed by atoms with Gasteiger partial charge < -0.3 is 4.74 Å². The first-order valence-electron chi connectivity index (χ1n) is 7.41. The minimum Gasteiger partial charge on any atom is -0.384 e. The molecule has 2 rings (SSSR count). The highest BCUT2D eigenvalue weighted by Gasteiger charge is 2.21. The van der Waals surface area contributed by atoms with Gasteiger partial charge in [-0.25, -0.2) is 0 Å². The Morgan fingerprint density at radius 3 is 2.28 bits per heavy atom. The van der Waals surface area contributed by atoms with Crippen LogP contribution in [0.2, 0.25) is 0 Å². The summed E-state index contributed by atoms with van der Waals surface area (Å²) in [5.74, 6) is 1.58. The van der Waals surface area contributed by atoms with Crippen molar-refractivity contribution in [1.29, 1.82) is 0 Å². The van der Waals surface area contributed by atoms with Crippen LogP contribution in [0.4, 0.5) is 0 Å². The second-order valence-electron chi connectivity index (χ2n) is 5.66. The Hall–Kier alpha value is -0.820. The van der Waals surface area contributed by atoms with E-state index < -0.39 is 0 Å². The van der Waals surface area contributed by atoms with Gasteiger partial charge in [0, 0.05) is 13.7 Å². The second kappa shape index (κ2) is 6.94. The van der Waals surface area contributed by atoms with E-state index in [4.69, 9.17) is 4.74 Å². The second-order valence-corrected chi connectivity index (χ2v) is 5.66. The van der Waals surface area contributed by atoms with Gasteiger partial charge in [0.05, 0.1) is 0 Å². The number of hydrogen-bond donors (Lipinski definition) is 0. The molecule has 0 bridgehead atoms. The summed E-state index contributed by atoms with van der Waals surface area (Å²) in [6.07, 6.45) is 7.77. The monoisotopic (exact) mass is 246 g/mol. The molecule has 0 radical (unpaired) electrons. The summed E-state index contributed by atoms with van der Waals surface area (Å²) in [5, 5.41) is 0. The molecule has 0 unspecified atom stereocenters. The Morgan fingerprint density at radius 2 is 1.72 bits per heavy atom. The van der Waals surface area contributed by atoms with Crippen molar-refractivity contribution in [2.75, 3.05) is 13.7 Å². The lowest BCUT2D eigenvalue weighted by atomic mass is 9.79. The number of methoxy groups -OCH3 is 1. The number of aryl methyl sites for hydroxylation is 1. The summed E-state index contributed by atoms with van der Waals surface area (Å²) < 4.78 is 5.26. The average molecular weight is 246 g/mol. The largest absolute Gasteiger partial charge is 0.384 e. The number of benzene rings is 1. The van der Waals surface area contributed by atoms with Crippen molar-refractivity contribution in [3.63, 3.8) is 0 Å². The predicted molar refractivity (Wildman–Crippen MR) is 77.0 cm³/mol. The van der Waals surface area contributed by atoms with Crippen LogP contribution >= 0.6 is 0 Å². The average Bonchev–Trinajstić information content (AvgIpc) is 2.41. The molecule has 1 aromatic carbocycles. The van der Waals surface area contributed by atoms with E-state index in [1.54, 1.807) is 5.56 Å². The van der Waals surface area contributed by atoms with Crippen molar-refractivity contribution in [2.45, 2.75) is 51.4 Å². The molecule has 0 aliphatic heterocycles. The summed E-state index contributed by atoms with van der Waals surface area (Å²) in [6.45, 7) is 3.19. The van der Waals surface area contributed by atoms with Crippen molar-refractivity contribution in [2.24, 2.45) is 5.92 Å². The first-order chi connectivity index (χ1) is 8.83. The molecule has 1 aromatic rings. The molecule has 0 N–H and O–H groups in total. The number of rotatable bonds is 5. The van der Waals surface area contributed by atoms with Crippen molar-refractivity contribution in [3.8, 4) is 0 Å². The maximum absolute atomic E-state index is 5.26. The molecular weight excluding hydrogens is 220 g/mol. The van der Waals surface area contributed by atoms with Crippen molar-refractivity contribution in [1.82, 2.24) is 0 Å². The standard InChI is InChI=1S/C17H26O/c1-3-4-14-5-9-16(10-6-14)17-11-7-15(8-12-17)13-18-2/h5-6,9-10,15,17H,3-4,7-8,11-13H2,1-2H3. The molecule has 1 heteroatoms. The summed E-state index contributed by atoms with van der Waals surface area (Å²) in [6, 6.07) is 9.35. The Bertz CT molecular complexity index is 333.